The highest BCUT2D eigenvalue weighted by Crippen LogP contribution is 2.24. The summed E-state index contributed by atoms with van der Waals surface area (Å²) in [7, 11) is 0. The summed E-state index contributed by atoms with van der Waals surface area (Å²) in [5, 5.41) is 16.3. The van der Waals surface area contributed by atoms with E-state index in [0.717, 1.165) is 22.3 Å². The predicted molar refractivity (Wildman–Crippen MR) is 252 cm³/mol. The molecule has 0 bridgehead atoms. The van der Waals surface area contributed by atoms with Gasteiger partial charge in [-0.1, -0.05) is 41.9 Å². The quantitative estimate of drug-likeness (QED) is 0.0163. The van der Waals surface area contributed by atoms with E-state index in [0.29, 0.717) is 46.9 Å². The molecule has 0 unspecified atom stereocenters. The standard InChI is InChI=1S/C12H12FN3O2.C12H12FNO2.C10H8FNO2.C8H7FO.C4H7N3O2.CH4.FH.H2/c1-3-18-12(17)11(15-16-14)7-9-6-10(13)5-4-8(9)2;1-3-16-12(15)10-6-8-7(2)4-5-9(13)11(8)14-10;1-5-2-3-7(11)9-6(5)4-8(12-9)10(13)14;1-6-2-3-8(9)4-7(6)5-10;1-2-9-4(8)3-6-7-5;;;/h4-7H,3H2,1-2H3;4-6,14H,3H2,1-2H3;2-4,12H,1H3,(H,13,14);2-5H,1H3;2-3H2,1H3;1H4;2*1H/b11-7-;;;;;;;/i;;;;;;;1+1. The maximum absolute atomic E-state index is 13.4. The Balaban J connectivity index is 0. The number of carboxylic acid groups (broad SMARTS) is 1. The van der Waals surface area contributed by atoms with Gasteiger partial charge >= 0.3 is 23.9 Å². The summed E-state index contributed by atoms with van der Waals surface area (Å²) in [6.07, 6.45) is 1.95. The average molecular weight is 970 g/mol. The van der Waals surface area contributed by atoms with E-state index in [9.17, 15) is 41.5 Å². The number of carbonyl (C=O) groups excluding carboxylic acids is 4. The monoisotopic (exact) mass is 969 g/mol. The van der Waals surface area contributed by atoms with Crippen LogP contribution in [-0.2, 0) is 23.8 Å². The fourth-order valence-electron chi connectivity index (χ4n) is 5.41. The van der Waals surface area contributed by atoms with Gasteiger partial charge in [0.05, 0.1) is 30.9 Å². The average Bonchev–Trinajstić information content (AvgIpc) is 3.97. The molecule has 0 aliphatic rings. The number of aldehydes is 1. The van der Waals surface area contributed by atoms with Crippen molar-refractivity contribution in [2.24, 2.45) is 10.2 Å². The maximum Gasteiger partial charge on any atom is 0.354 e. The van der Waals surface area contributed by atoms with E-state index in [-0.39, 0.29) is 60.9 Å². The number of carboxylic acids is 1. The maximum atomic E-state index is 13.4. The smallest absolute Gasteiger partial charge is 0.354 e. The number of nitrogens with one attached hydrogen (secondary N) is 2. The number of hydrogen-bond donors (Lipinski definition) is 3. The van der Waals surface area contributed by atoms with Crippen molar-refractivity contribution in [3.05, 3.63) is 167 Å². The SMILES string of the molecule is C.CCOC(=O)/C(=C/c1cc(F)ccc1C)N=[N+]=[N-].CCOC(=O)CN=[N+]=[N-].CCOC(=O)c1cc2c(C)ccc(F)c2[nH]1.Cc1ccc(F)c2[nH]c(C(=O)O)cc12.Cc1ccc(F)cc1C=O.F.[2HH]. The highest BCUT2D eigenvalue weighted by molar-refractivity contribution is 5.97. The van der Waals surface area contributed by atoms with Crippen LogP contribution in [0.25, 0.3) is 48.8 Å². The molecule has 0 spiro atoms. The van der Waals surface area contributed by atoms with Crippen LogP contribution in [0.4, 0.5) is 22.3 Å². The van der Waals surface area contributed by atoms with Crippen molar-refractivity contribution in [3.8, 4) is 0 Å². The molecule has 4 aromatic carbocycles. The van der Waals surface area contributed by atoms with Crippen LogP contribution < -0.4 is 0 Å². The molecule has 0 aliphatic carbocycles. The molecule has 2 heterocycles. The zero-order valence-electron chi connectivity index (χ0n) is 37.7. The molecular weight excluding hydrogens is 916 g/mol. The zero-order valence-corrected chi connectivity index (χ0v) is 37.7. The first-order chi connectivity index (χ1) is 31.8. The Morgan fingerprint density at radius 1 is 0.681 bits per heavy atom. The second-order valence-corrected chi connectivity index (χ2v) is 13.5. The van der Waals surface area contributed by atoms with Crippen LogP contribution in [0, 0.1) is 51.0 Å². The Hall–Kier alpha value is -8.48. The summed E-state index contributed by atoms with van der Waals surface area (Å²) in [4.78, 5) is 64.3. The largest absolute Gasteiger partial charge is 0.477 e. The molecule has 0 fully saturated rings. The number of azide groups is 2. The van der Waals surface area contributed by atoms with E-state index in [1.165, 1.54) is 48.5 Å². The molecule has 2 aromatic heterocycles. The second kappa shape index (κ2) is 30.7. The first-order valence-electron chi connectivity index (χ1n) is 19.9. The molecule has 69 heavy (non-hydrogen) atoms. The summed E-state index contributed by atoms with van der Waals surface area (Å²) < 4.78 is 66.1. The van der Waals surface area contributed by atoms with Gasteiger partial charge in [-0.15, -0.1) is 0 Å². The molecule has 0 saturated heterocycles. The normalized spacial score (nSPS) is 9.81. The summed E-state index contributed by atoms with van der Waals surface area (Å²) in [6.45, 7) is 12.8. The number of fused-ring (bicyclic) bond motifs is 2. The van der Waals surface area contributed by atoms with Gasteiger partial charge in [0, 0.05) is 27.6 Å². The number of hydrogen-bond acceptors (Lipinski definition) is 10. The fraction of sp³-hybridized carbons (Fsp3) is 0.255. The molecule has 3 N–H and O–H groups in total. The lowest BCUT2D eigenvalue weighted by Crippen LogP contribution is -2.06. The minimum absolute atomic E-state index is 0. The van der Waals surface area contributed by atoms with Gasteiger partial charge in [-0.05, 0) is 142 Å². The first kappa shape index (κ1) is 60.5. The number of carbonyl (C=O) groups is 5. The van der Waals surface area contributed by atoms with Crippen molar-refractivity contribution in [3.63, 3.8) is 0 Å². The molecule has 6 aromatic rings. The molecule has 0 saturated carbocycles. The fourth-order valence-corrected chi connectivity index (χ4v) is 5.41. The third kappa shape index (κ3) is 19.1. The summed E-state index contributed by atoms with van der Waals surface area (Å²) in [5.74, 6) is -4.37. The molecule has 0 aliphatic heterocycles. The lowest BCUT2D eigenvalue weighted by atomic mass is 10.1. The number of aryl methyl sites for hydroxylation is 4. The number of esters is 3. The molecule has 0 amide bonds. The Labute approximate surface area is 394 Å². The number of benzene rings is 4. The van der Waals surface area contributed by atoms with Gasteiger partial charge in [-0.25, -0.2) is 31.9 Å². The van der Waals surface area contributed by atoms with Crippen LogP contribution >= 0.6 is 0 Å². The van der Waals surface area contributed by atoms with Crippen LogP contribution in [0.5, 0.6) is 0 Å². The Morgan fingerprint density at radius 3 is 1.58 bits per heavy atom. The van der Waals surface area contributed by atoms with Crippen molar-refractivity contribution in [2.45, 2.75) is 55.9 Å². The number of ether oxygens (including phenoxy) is 3. The number of H-pyrrole nitrogens is 2. The van der Waals surface area contributed by atoms with Crippen molar-refractivity contribution >= 4 is 58.0 Å². The molecule has 0 atom stereocenters. The van der Waals surface area contributed by atoms with Gasteiger partial charge in [-0.2, -0.15) is 0 Å². The van der Waals surface area contributed by atoms with Crippen molar-refractivity contribution in [1.29, 1.82) is 0 Å². The van der Waals surface area contributed by atoms with Gasteiger partial charge in [0.25, 0.3) is 0 Å². The third-order valence-electron chi connectivity index (χ3n) is 8.75. The van der Waals surface area contributed by atoms with E-state index in [1.807, 2.05) is 6.92 Å². The Kier molecular flexibility index (Phi) is 26.9. The zero-order chi connectivity index (χ0) is 50.2. The van der Waals surface area contributed by atoms with Crippen LogP contribution in [0.3, 0.4) is 0 Å². The summed E-state index contributed by atoms with van der Waals surface area (Å²) >= 11 is 0. The number of rotatable bonds is 11. The Bertz CT molecular complexity index is 2780. The lowest BCUT2D eigenvalue weighted by Gasteiger charge is -2.04. The first-order valence-corrected chi connectivity index (χ1v) is 19.9. The van der Waals surface area contributed by atoms with Gasteiger partial charge in [-0.3, -0.25) is 14.3 Å². The van der Waals surface area contributed by atoms with E-state index in [1.54, 1.807) is 71.9 Å². The van der Waals surface area contributed by atoms with Gasteiger partial charge in [0.15, 0.2) is 0 Å². The number of nitrogens with zero attached hydrogens (tertiary/aromatic N) is 6. The molecule has 22 heteroatoms. The topological polar surface area (TPSA) is 262 Å². The number of aromatic carboxylic acids is 1. The van der Waals surface area contributed by atoms with Gasteiger partial charge in [0.2, 0.25) is 0 Å². The third-order valence-corrected chi connectivity index (χ3v) is 8.75. The number of halogens is 5. The van der Waals surface area contributed by atoms with Gasteiger partial charge in [0.1, 0.15) is 53.2 Å². The molecule has 0 radical (unpaired) electrons. The molecular formula is C47H53F5N8O9. The van der Waals surface area contributed by atoms with Crippen LogP contribution in [0.1, 0.15) is 88.8 Å². The van der Waals surface area contributed by atoms with Crippen molar-refractivity contribution in [1.82, 2.24) is 9.97 Å². The summed E-state index contributed by atoms with van der Waals surface area (Å²) in [5.41, 5.74) is 21.0. The highest BCUT2D eigenvalue weighted by atomic mass is 19.1. The Morgan fingerprint density at radius 2 is 1.14 bits per heavy atom. The minimum atomic E-state index is -1.08. The highest BCUT2D eigenvalue weighted by Gasteiger charge is 2.14. The molecule has 6 rings (SSSR count). The van der Waals surface area contributed by atoms with Crippen LogP contribution in [-0.4, -0.2) is 71.6 Å². The van der Waals surface area contributed by atoms with Crippen molar-refractivity contribution in [2.75, 3.05) is 26.4 Å². The van der Waals surface area contributed by atoms with E-state index in [4.69, 9.17) is 25.6 Å². The molecule has 17 nitrogen and oxygen atoms in total. The molecule has 370 valence electrons. The van der Waals surface area contributed by atoms with Crippen molar-refractivity contribution < 1.29 is 67.0 Å². The summed E-state index contributed by atoms with van der Waals surface area (Å²) in [6, 6.07) is 17.3. The minimum Gasteiger partial charge on any atom is -0.477 e. The second-order valence-electron chi connectivity index (χ2n) is 13.5. The van der Waals surface area contributed by atoms with Crippen LogP contribution in [0.2, 0.25) is 0 Å². The number of aromatic amines is 2. The lowest BCUT2D eigenvalue weighted by molar-refractivity contribution is -0.141. The van der Waals surface area contributed by atoms with E-state index >= 15 is 0 Å². The van der Waals surface area contributed by atoms with E-state index < -0.39 is 35.5 Å². The van der Waals surface area contributed by atoms with E-state index in [2.05, 4.69) is 34.8 Å². The van der Waals surface area contributed by atoms with Crippen LogP contribution in [0.15, 0.2) is 88.7 Å². The number of aromatic nitrogens is 2. The predicted octanol–water partition coefficient (Wildman–Crippen LogP) is 12.3. The van der Waals surface area contributed by atoms with Gasteiger partial charge < -0.3 is 29.3 Å².